The van der Waals surface area contributed by atoms with Gasteiger partial charge in [0, 0.05) is 16.7 Å². The number of hydrogen-bond donors (Lipinski definition) is 3. The smallest absolute Gasteiger partial charge is 0.118 e. The van der Waals surface area contributed by atoms with Crippen molar-refractivity contribution in [3.63, 3.8) is 0 Å². The molecule has 8 nitrogen and oxygen atoms in total. The zero-order valence-electron chi connectivity index (χ0n) is 12.5. The van der Waals surface area contributed by atoms with Crippen molar-refractivity contribution in [1.82, 2.24) is 4.98 Å². The maximum atomic E-state index is 10.5. The molecule has 0 radical (unpaired) electrons. The van der Waals surface area contributed by atoms with Crippen molar-refractivity contribution >= 4 is 27.2 Å². The van der Waals surface area contributed by atoms with E-state index in [-0.39, 0.29) is 6.61 Å². The molecule has 1 aliphatic rings. The highest BCUT2D eigenvalue weighted by Crippen LogP contribution is 2.46. The highest BCUT2D eigenvalue weighted by atomic mass is 32.1. The van der Waals surface area contributed by atoms with Crippen molar-refractivity contribution in [3.05, 3.63) is 33.6 Å². The van der Waals surface area contributed by atoms with Crippen molar-refractivity contribution in [2.45, 2.75) is 37.2 Å². The monoisotopic (exact) mass is 335 g/mol. The molecule has 3 heterocycles. The molecule has 23 heavy (non-hydrogen) atoms. The minimum atomic E-state index is -1.15. The maximum absolute atomic E-state index is 10.5. The molecule has 0 bridgehead atoms. The zero-order chi connectivity index (χ0) is 16.6. The van der Waals surface area contributed by atoms with E-state index in [4.69, 9.17) is 16.0 Å². The Balaban J connectivity index is 2.12. The first-order valence-electron chi connectivity index (χ1n) is 7.20. The molecule has 1 fully saturated rings. The number of aliphatic hydroxyl groups is 2. The largest absolute Gasteiger partial charge is 0.397 e. The number of aromatic nitrogens is 1. The molecule has 0 aliphatic carbocycles. The predicted octanol–water partition coefficient (Wildman–Crippen LogP) is 2.13. The van der Waals surface area contributed by atoms with E-state index < -0.39 is 23.9 Å². The van der Waals surface area contributed by atoms with Gasteiger partial charge in [-0.3, -0.25) is 4.98 Å². The van der Waals surface area contributed by atoms with Gasteiger partial charge in [-0.25, -0.2) is 0 Å². The molecular formula is C14H17N5O3S. The van der Waals surface area contributed by atoms with E-state index >= 15 is 0 Å². The molecule has 4 atom stereocenters. The zero-order valence-corrected chi connectivity index (χ0v) is 13.3. The lowest BCUT2D eigenvalue weighted by Gasteiger charge is -2.28. The van der Waals surface area contributed by atoms with Crippen molar-refractivity contribution < 1.29 is 14.9 Å². The van der Waals surface area contributed by atoms with Crippen LogP contribution in [0.25, 0.3) is 20.7 Å². The van der Waals surface area contributed by atoms with Crippen molar-refractivity contribution in [3.8, 4) is 0 Å². The minimum Gasteiger partial charge on any atom is -0.397 e. The second-order valence-corrected chi connectivity index (χ2v) is 6.40. The lowest BCUT2D eigenvalue weighted by Crippen LogP contribution is -2.45. The third-order valence-corrected chi connectivity index (χ3v) is 5.44. The molecular weight excluding hydrogens is 318 g/mol. The molecule has 0 amide bonds. The molecule has 0 aromatic carbocycles. The van der Waals surface area contributed by atoms with Crippen LogP contribution in [0, 0.1) is 0 Å². The van der Waals surface area contributed by atoms with Crippen LogP contribution in [0.5, 0.6) is 0 Å². The van der Waals surface area contributed by atoms with Crippen LogP contribution in [-0.2, 0) is 4.74 Å². The third kappa shape index (κ3) is 2.34. The van der Waals surface area contributed by atoms with Crippen LogP contribution >= 0.6 is 11.3 Å². The Labute approximate surface area is 136 Å². The van der Waals surface area contributed by atoms with E-state index in [0.717, 1.165) is 4.70 Å². The summed E-state index contributed by atoms with van der Waals surface area (Å²) in [5.41, 5.74) is 15.6. The second-order valence-electron chi connectivity index (χ2n) is 5.52. The van der Waals surface area contributed by atoms with Gasteiger partial charge in [-0.15, -0.1) is 11.3 Å². The lowest BCUT2D eigenvalue weighted by molar-refractivity contribution is -0.113. The number of anilines is 1. The fourth-order valence-electron chi connectivity index (χ4n) is 3.01. The van der Waals surface area contributed by atoms with Gasteiger partial charge >= 0.3 is 0 Å². The average Bonchev–Trinajstić information content (AvgIpc) is 3.10. The summed E-state index contributed by atoms with van der Waals surface area (Å²) >= 11 is 1.42. The van der Waals surface area contributed by atoms with Crippen LogP contribution in [0.3, 0.4) is 0 Å². The van der Waals surface area contributed by atoms with E-state index in [9.17, 15) is 10.2 Å². The summed E-state index contributed by atoms with van der Waals surface area (Å²) in [5.74, 6) is 0. The number of hydrogen-bond acceptors (Lipinski definition) is 7. The molecule has 122 valence electrons. The number of azide groups is 1. The number of pyridine rings is 1. The highest BCUT2D eigenvalue weighted by Gasteiger charge is 2.54. The van der Waals surface area contributed by atoms with Crippen molar-refractivity contribution in [1.29, 1.82) is 0 Å². The fourth-order valence-corrected chi connectivity index (χ4v) is 3.98. The predicted molar refractivity (Wildman–Crippen MR) is 86.9 cm³/mol. The van der Waals surface area contributed by atoms with Gasteiger partial charge in [0.1, 0.15) is 5.60 Å². The minimum absolute atomic E-state index is 0.365. The van der Waals surface area contributed by atoms with Gasteiger partial charge in [-0.1, -0.05) is 12.0 Å². The Morgan fingerprint density at radius 2 is 2.39 bits per heavy atom. The molecule has 0 spiro atoms. The van der Waals surface area contributed by atoms with Gasteiger partial charge in [-0.2, -0.15) is 0 Å². The first-order chi connectivity index (χ1) is 11.1. The van der Waals surface area contributed by atoms with Gasteiger partial charge in [-0.05, 0) is 23.4 Å². The summed E-state index contributed by atoms with van der Waals surface area (Å²) in [5, 5.41) is 25.8. The Kier molecular flexibility index (Phi) is 4.13. The normalized spacial score (nSPS) is 30.5. The quantitative estimate of drug-likeness (QED) is 0.446. The number of rotatable bonds is 4. The third-order valence-electron chi connectivity index (χ3n) is 4.40. The summed E-state index contributed by atoms with van der Waals surface area (Å²) in [6.45, 7) is 1.44. The molecule has 1 saturated heterocycles. The number of thiophene rings is 1. The van der Waals surface area contributed by atoms with Gasteiger partial charge in [0.25, 0.3) is 0 Å². The molecule has 3 rings (SSSR count). The van der Waals surface area contributed by atoms with E-state index in [1.54, 1.807) is 19.2 Å². The Bertz CT molecular complexity index is 769. The molecule has 0 unspecified atom stereocenters. The van der Waals surface area contributed by atoms with Crippen LogP contribution < -0.4 is 5.73 Å². The van der Waals surface area contributed by atoms with Crippen molar-refractivity contribution in [2.75, 3.05) is 12.3 Å². The summed E-state index contributed by atoms with van der Waals surface area (Å²) in [4.78, 5) is 7.16. The molecule has 9 heteroatoms. The van der Waals surface area contributed by atoms with E-state index in [2.05, 4.69) is 15.0 Å². The number of nitrogens with zero attached hydrogens (tertiary/aromatic N) is 4. The van der Waals surface area contributed by atoms with Gasteiger partial charge < -0.3 is 20.7 Å². The number of fused-ring (bicyclic) bond motifs is 1. The van der Waals surface area contributed by atoms with E-state index in [0.29, 0.717) is 23.2 Å². The molecule has 4 N–H and O–H groups in total. The number of ether oxygens (including phenoxy) is 1. The van der Waals surface area contributed by atoms with Crippen LogP contribution in [0.15, 0.2) is 22.8 Å². The Morgan fingerprint density at radius 1 is 1.61 bits per heavy atom. The fraction of sp³-hybridized carbons (Fsp3) is 0.500. The first-order valence-corrected chi connectivity index (χ1v) is 8.08. The molecule has 2 aromatic heterocycles. The number of nitrogen functional groups attached to an aromatic ring is 1. The number of nitrogens with two attached hydrogens (primary N) is 1. The van der Waals surface area contributed by atoms with Crippen LogP contribution in [-0.4, -0.2) is 39.6 Å². The molecule has 1 aliphatic heterocycles. The summed E-state index contributed by atoms with van der Waals surface area (Å²) in [6.07, 6.45) is 0.197. The van der Waals surface area contributed by atoms with E-state index in [1.807, 2.05) is 5.38 Å². The van der Waals surface area contributed by atoms with Crippen LogP contribution in [0.4, 0.5) is 5.69 Å². The summed E-state index contributed by atoms with van der Waals surface area (Å²) in [7, 11) is 0. The average molecular weight is 335 g/mol. The van der Waals surface area contributed by atoms with Crippen molar-refractivity contribution in [2.24, 2.45) is 5.11 Å². The number of aliphatic hydroxyl groups excluding tert-OH is 2. The highest BCUT2D eigenvalue weighted by molar-refractivity contribution is 7.18. The summed E-state index contributed by atoms with van der Waals surface area (Å²) in [6, 6.07) is 0.871. The Morgan fingerprint density at radius 3 is 3.04 bits per heavy atom. The van der Waals surface area contributed by atoms with Gasteiger partial charge in [0.05, 0.1) is 40.8 Å². The maximum Gasteiger partial charge on any atom is 0.118 e. The van der Waals surface area contributed by atoms with Gasteiger partial charge in [0.2, 0.25) is 0 Å². The van der Waals surface area contributed by atoms with Crippen LogP contribution in [0.1, 0.15) is 25.0 Å². The lowest BCUT2D eigenvalue weighted by atomic mass is 9.90. The molecule has 0 saturated carbocycles. The van der Waals surface area contributed by atoms with Crippen LogP contribution in [0.2, 0.25) is 0 Å². The van der Waals surface area contributed by atoms with Gasteiger partial charge in [0.15, 0.2) is 0 Å². The first kappa shape index (κ1) is 16.0. The molecule has 2 aromatic rings. The standard InChI is InChI=1S/C14H17N5O3S/c1-2-14(6-20)13(21)10(18-19-16)11(22-14)7-5-23-12-8(15)3-4-17-9(7)12/h3-5,10-11,13,20-21H,2,6H2,1H3,(H2,15,17)/t10-,11-,13-,14+/m0/s1. The van der Waals surface area contributed by atoms with E-state index in [1.165, 1.54) is 11.3 Å². The second kappa shape index (κ2) is 5.95. The SMILES string of the molecule is CC[C@]1(CO)O[C@@H](c2csc3c(N)ccnc23)[C@H](N=[N+]=[N-])[C@@H]1O. The summed E-state index contributed by atoms with van der Waals surface area (Å²) < 4.78 is 6.80. The Hall–Kier alpha value is -1.90. The topological polar surface area (TPSA) is 137 Å².